The molecular weight excluding hydrogens is 254 g/mol. The van der Waals surface area contributed by atoms with Crippen molar-refractivity contribution in [1.82, 2.24) is 9.38 Å². The number of rotatable bonds is 6. The summed E-state index contributed by atoms with van der Waals surface area (Å²) in [6.07, 6.45) is 5.51. The maximum Gasteiger partial charge on any atom is 0.270 e. The molecule has 0 N–H and O–H groups in total. The number of fused-ring (bicyclic) bond motifs is 1. The van der Waals surface area contributed by atoms with Crippen LogP contribution in [0.15, 0.2) is 54.5 Å². The topological polar surface area (TPSA) is 54.7 Å². The van der Waals surface area contributed by atoms with Crippen LogP contribution in [0.25, 0.3) is 5.65 Å². The summed E-state index contributed by atoms with van der Waals surface area (Å²) in [5.41, 5.74) is 0.160. The highest BCUT2D eigenvalue weighted by molar-refractivity contribution is 5.83. The Morgan fingerprint density at radius 2 is 1.95 bits per heavy atom. The molecule has 2 heterocycles. The number of pyridine rings is 1. The molecule has 0 aliphatic carbocycles. The molecule has 0 fully saturated rings. The van der Waals surface area contributed by atoms with Crippen molar-refractivity contribution in [3.05, 3.63) is 65.6 Å². The fourth-order valence-electron chi connectivity index (χ4n) is 1.99. The molecule has 0 aromatic carbocycles. The van der Waals surface area contributed by atoms with E-state index in [4.69, 9.17) is 0 Å². The molecule has 0 unspecified atom stereocenters. The summed E-state index contributed by atoms with van der Waals surface area (Å²) < 4.78 is 1.35. The van der Waals surface area contributed by atoms with E-state index in [1.807, 2.05) is 0 Å². The van der Waals surface area contributed by atoms with E-state index in [-0.39, 0.29) is 11.1 Å². The summed E-state index contributed by atoms with van der Waals surface area (Å²) in [5, 5.41) is 0. The highest BCUT2D eigenvalue weighted by Gasteiger charge is 2.16. The molecule has 0 saturated heterocycles. The van der Waals surface area contributed by atoms with Crippen LogP contribution in [0.5, 0.6) is 0 Å². The van der Waals surface area contributed by atoms with Crippen LogP contribution in [0.1, 0.15) is 10.4 Å². The second-order valence-electron chi connectivity index (χ2n) is 4.18. The highest BCUT2D eigenvalue weighted by Crippen LogP contribution is 2.14. The Bertz CT molecular complexity index is 709. The van der Waals surface area contributed by atoms with Crippen LogP contribution >= 0.6 is 0 Å². The predicted molar refractivity (Wildman–Crippen MR) is 79.5 cm³/mol. The summed E-state index contributed by atoms with van der Waals surface area (Å²) in [4.78, 5) is 29.8. The van der Waals surface area contributed by atoms with Crippen LogP contribution in [0.2, 0.25) is 0 Å². The van der Waals surface area contributed by atoms with Gasteiger partial charge in [0.2, 0.25) is 0 Å². The van der Waals surface area contributed by atoms with Crippen molar-refractivity contribution in [2.45, 2.75) is 0 Å². The SMILES string of the molecule is C=CCN(CC=C)c1nc2ccccn2c(=O)c1C=O. The first-order valence-corrected chi connectivity index (χ1v) is 6.16. The molecule has 0 saturated carbocycles. The third-order valence-corrected chi connectivity index (χ3v) is 2.87. The molecule has 20 heavy (non-hydrogen) atoms. The minimum atomic E-state index is -0.376. The number of nitrogens with zero attached hydrogens (tertiary/aromatic N) is 3. The zero-order valence-corrected chi connectivity index (χ0v) is 11.0. The summed E-state index contributed by atoms with van der Waals surface area (Å²) in [7, 11) is 0. The van der Waals surface area contributed by atoms with Crippen LogP contribution in [-0.2, 0) is 0 Å². The van der Waals surface area contributed by atoms with Gasteiger partial charge in [0.05, 0.1) is 0 Å². The van der Waals surface area contributed by atoms with Gasteiger partial charge in [-0.05, 0) is 12.1 Å². The van der Waals surface area contributed by atoms with E-state index in [0.29, 0.717) is 30.8 Å². The number of aldehydes is 1. The van der Waals surface area contributed by atoms with Crippen molar-refractivity contribution in [2.75, 3.05) is 18.0 Å². The minimum Gasteiger partial charge on any atom is -0.348 e. The lowest BCUT2D eigenvalue weighted by Crippen LogP contribution is -2.30. The normalized spacial score (nSPS) is 10.2. The van der Waals surface area contributed by atoms with E-state index in [2.05, 4.69) is 18.1 Å². The molecule has 2 aromatic rings. The molecule has 0 atom stereocenters. The van der Waals surface area contributed by atoms with Crippen LogP contribution in [-0.4, -0.2) is 28.8 Å². The molecule has 2 aromatic heterocycles. The van der Waals surface area contributed by atoms with Gasteiger partial charge < -0.3 is 4.90 Å². The maximum absolute atomic E-state index is 12.3. The van der Waals surface area contributed by atoms with Gasteiger partial charge in [-0.1, -0.05) is 18.2 Å². The monoisotopic (exact) mass is 269 g/mol. The summed E-state index contributed by atoms with van der Waals surface area (Å²) >= 11 is 0. The lowest BCUT2D eigenvalue weighted by molar-refractivity contribution is 0.112. The van der Waals surface area contributed by atoms with Gasteiger partial charge in [0.25, 0.3) is 5.56 Å². The zero-order valence-electron chi connectivity index (χ0n) is 11.0. The van der Waals surface area contributed by atoms with Gasteiger partial charge in [-0.2, -0.15) is 0 Å². The molecule has 102 valence electrons. The molecule has 0 radical (unpaired) electrons. The fraction of sp³-hybridized carbons (Fsp3) is 0.133. The van der Waals surface area contributed by atoms with E-state index in [1.54, 1.807) is 41.4 Å². The maximum atomic E-state index is 12.3. The second-order valence-corrected chi connectivity index (χ2v) is 4.18. The van der Waals surface area contributed by atoms with Gasteiger partial charge in [0, 0.05) is 19.3 Å². The van der Waals surface area contributed by atoms with E-state index in [1.165, 1.54) is 4.40 Å². The number of anilines is 1. The summed E-state index contributed by atoms with van der Waals surface area (Å²) in [5.74, 6) is 0.357. The zero-order chi connectivity index (χ0) is 14.5. The Labute approximate surface area is 116 Å². The van der Waals surface area contributed by atoms with Crippen LogP contribution in [0.3, 0.4) is 0 Å². The second kappa shape index (κ2) is 5.97. The van der Waals surface area contributed by atoms with E-state index < -0.39 is 0 Å². The Balaban J connectivity index is 2.73. The van der Waals surface area contributed by atoms with Crippen molar-refractivity contribution in [2.24, 2.45) is 0 Å². The van der Waals surface area contributed by atoms with Crippen molar-refractivity contribution in [3.8, 4) is 0 Å². The fourth-order valence-corrected chi connectivity index (χ4v) is 1.99. The minimum absolute atomic E-state index is 0.0393. The molecule has 5 heteroatoms. The number of carbonyl (C=O) groups is 1. The predicted octanol–water partition coefficient (Wildman–Crippen LogP) is 1.69. The quantitative estimate of drug-likeness (QED) is 0.591. The van der Waals surface area contributed by atoms with Crippen molar-refractivity contribution < 1.29 is 4.79 Å². The number of aromatic nitrogens is 2. The van der Waals surface area contributed by atoms with Crippen molar-refractivity contribution in [3.63, 3.8) is 0 Å². The Morgan fingerprint density at radius 3 is 2.55 bits per heavy atom. The van der Waals surface area contributed by atoms with Gasteiger partial charge in [-0.3, -0.25) is 14.0 Å². The largest absolute Gasteiger partial charge is 0.348 e. The third kappa shape index (κ3) is 2.38. The van der Waals surface area contributed by atoms with Crippen LogP contribution < -0.4 is 10.5 Å². The molecule has 0 aliphatic rings. The lowest BCUT2D eigenvalue weighted by Gasteiger charge is -2.21. The number of hydrogen-bond acceptors (Lipinski definition) is 4. The molecule has 0 amide bonds. The molecule has 2 rings (SSSR count). The Hall–Kier alpha value is -2.69. The van der Waals surface area contributed by atoms with Crippen molar-refractivity contribution >= 4 is 17.8 Å². The van der Waals surface area contributed by atoms with Gasteiger partial charge in [-0.15, -0.1) is 13.2 Å². The van der Waals surface area contributed by atoms with E-state index >= 15 is 0 Å². The van der Waals surface area contributed by atoms with Crippen LogP contribution in [0, 0.1) is 0 Å². The Morgan fingerprint density at radius 1 is 1.25 bits per heavy atom. The average Bonchev–Trinajstić information content (AvgIpc) is 2.47. The Kier molecular flexibility index (Phi) is 4.10. The molecule has 5 nitrogen and oxygen atoms in total. The number of carbonyl (C=O) groups excluding carboxylic acids is 1. The van der Waals surface area contributed by atoms with E-state index in [0.717, 1.165) is 0 Å². The lowest BCUT2D eigenvalue weighted by atomic mass is 10.2. The van der Waals surface area contributed by atoms with Crippen molar-refractivity contribution in [1.29, 1.82) is 0 Å². The first-order chi connectivity index (χ1) is 9.72. The van der Waals surface area contributed by atoms with Gasteiger partial charge >= 0.3 is 0 Å². The third-order valence-electron chi connectivity index (χ3n) is 2.87. The van der Waals surface area contributed by atoms with E-state index in [9.17, 15) is 9.59 Å². The molecular formula is C15H15N3O2. The first kappa shape index (κ1) is 13.7. The van der Waals surface area contributed by atoms with Gasteiger partial charge in [0.15, 0.2) is 6.29 Å². The van der Waals surface area contributed by atoms with Gasteiger partial charge in [-0.25, -0.2) is 4.98 Å². The summed E-state index contributed by atoms with van der Waals surface area (Å²) in [6.45, 7) is 8.30. The van der Waals surface area contributed by atoms with Crippen LogP contribution in [0.4, 0.5) is 5.82 Å². The molecule has 0 spiro atoms. The van der Waals surface area contributed by atoms with Gasteiger partial charge in [0.1, 0.15) is 17.0 Å². The molecule has 0 aliphatic heterocycles. The highest BCUT2D eigenvalue weighted by atomic mass is 16.1. The standard InChI is InChI=1S/C15H15N3O2/c1-3-8-17(9-4-2)14-12(11-19)15(20)18-10-6-5-7-13(18)16-14/h3-7,10-11H,1-2,8-9H2. The molecule has 0 bridgehead atoms. The number of hydrogen-bond donors (Lipinski definition) is 0. The summed E-state index contributed by atoms with van der Waals surface area (Å²) in [6, 6.07) is 5.23. The smallest absolute Gasteiger partial charge is 0.270 e. The average molecular weight is 269 g/mol. The first-order valence-electron chi connectivity index (χ1n) is 6.16.